The third-order valence-electron chi connectivity index (χ3n) is 3.81. The van der Waals surface area contributed by atoms with Crippen molar-refractivity contribution in [2.75, 3.05) is 37.6 Å². The third kappa shape index (κ3) is 3.84. The summed E-state index contributed by atoms with van der Waals surface area (Å²) in [5, 5.41) is 4.03. The summed E-state index contributed by atoms with van der Waals surface area (Å²) >= 11 is 6.21. The number of aromatic nitrogens is 1. The molecular weight excluding hydrogens is 272 g/mol. The molecule has 0 aliphatic carbocycles. The summed E-state index contributed by atoms with van der Waals surface area (Å²) in [6.45, 7) is 12.5. The second kappa shape index (κ2) is 7.25. The Hall–Kier alpha value is -0.840. The van der Waals surface area contributed by atoms with Crippen LogP contribution in [0.5, 0.6) is 0 Å². The first-order valence-electron chi connectivity index (χ1n) is 7.47. The van der Waals surface area contributed by atoms with E-state index in [4.69, 9.17) is 16.6 Å². The average molecular weight is 297 g/mol. The third-order valence-corrected chi connectivity index (χ3v) is 4.16. The van der Waals surface area contributed by atoms with Crippen LogP contribution in [0.3, 0.4) is 0 Å². The van der Waals surface area contributed by atoms with Crippen molar-refractivity contribution in [2.24, 2.45) is 0 Å². The largest absolute Gasteiger partial charge is 0.354 e. The maximum Gasteiger partial charge on any atom is 0.129 e. The molecule has 1 fully saturated rings. The molecule has 0 unspecified atom stereocenters. The van der Waals surface area contributed by atoms with Gasteiger partial charge in [-0.25, -0.2) is 4.98 Å². The van der Waals surface area contributed by atoms with Gasteiger partial charge < -0.3 is 10.2 Å². The maximum atomic E-state index is 6.21. The second-order valence-electron chi connectivity index (χ2n) is 5.50. The Labute approximate surface area is 127 Å². The van der Waals surface area contributed by atoms with Crippen molar-refractivity contribution in [3.63, 3.8) is 0 Å². The van der Waals surface area contributed by atoms with E-state index < -0.39 is 0 Å². The van der Waals surface area contributed by atoms with Gasteiger partial charge in [0.25, 0.3) is 0 Å². The molecule has 0 bridgehead atoms. The standard InChI is InChI=1S/C15H25ClN4/c1-4-17-11-14-13(16)5-6-15(18-14)20-9-7-19(8-10-20)12(2)3/h5-6,12,17H,4,7-11H2,1-3H3. The van der Waals surface area contributed by atoms with Crippen LogP contribution >= 0.6 is 11.6 Å². The first-order chi connectivity index (χ1) is 9.61. The van der Waals surface area contributed by atoms with Crippen molar-refractivity contribution in [3.8, 4) is 0 Å². The van der Waals surface area contributed by atoms with Crippen molar-refractivity contribution in [1.29, 1.82) is 0 Å². The second-order valence-corrected chi connectivity index (χ2v) is 5.90. The van der Waals surface area contributed by atoms with Gasteiger partial charge in [-0.05, 0) is 32.5 Å². The number of nitrogens with one attached hydrogen (secondary N) is 1. The van der Waals surface area contributed by atoms with E-state index in [0.29, 0.717) is 6.04 Å². The molecule has 2 rings (SSSR count). The number of hydrogen-bond acceptors (Lipinski definition) is 4. The molecule has 1 saturated heterocycles. The number of nitrogens with zero attached hydrogens (tertiary/aromatic N) is 3. The quantitative estimate of drug-likeness (QED) is 0.904. The molecule has 1 aliphatic heterocycles. The van der Waals surface area contributed by atoms with E-state index in [2.05, 4.69) is 35.9 Å². The Balaban J connectivity index is 2.02. The molecular formula is C15H25ClN4. The molecule has 0 aromatic carbocycles. The van der Waals surface area contributed by atoms with E-state index in [1.54, 1.807) is 0 Å². The number of anilines is 1. The van der Waals surface area contributed by atoms with Gasteiger partial charge >= 0.3 is 0 Å². The van der Waals surface area contributed by atoms with Crippen LogP contribution in [0.1, 0.15) is 26.5 Å². The Morgan fingerprint density at radius 1 is 1.25 bits per heavy atom. The summed E-state index contributed by atoms with van der Waals surface area (Å²) in [6.07, 6.45) is 0. The van der Waals surface area contributed by atoms with Gasteiger partial charge in [0.15, 0.2) is 0 Å². The first kappa shape index (κ1) is 15.5. The van der Waals surface area contributed by atoms with Crippen molar-refractivity contribution in [2.45, 2.75) is 33.4 Å². The van der Waals surface area contributed by atoms with Crippen molar-refractivity contribution < 1.29 is 0 Å². The summed E-state index contributed by atoms with van der Waals surface area (Å²) in [5.41, 5.74) is 0.942. The van der Waals surface area contributed by atoms with Crippen LogP contribution in [-0.2, 0) is 6.54 Å². The van der Waals surface area contributed by atoms with E-state index in [1.165, 1.54) is 0 Å². The van der Waals surface area contributed by atoms with E-state index in [-0.39, 0.29) is 0 Å². The lowest BCUT2D eigenvalue weighted by atomic mass is 10.2. The van der Waals surface area contributed by atoms with Gasteiger partial charge in [0.1, 0.15) is 5.82 Å². The Bertz CT molecular complexity index is 428. The molecule has 4 nitrogen and oxygen atoms in total. The van der Waals surface area contributed by atoms with Crippen LogP contribution in [0.25, 0.3) is 0 Å². The van der Waals surface area contributed by atoms with Gasteiger partial charge in [-0.3, -0.25) is 4.90 Å². The molecule has 1 N–H and O–H groups in total. The van der Waals surface area contributed by atoms with Gasteiger partial charge in [-0.2, -0.15) is 0 Å². The maximum absolute atomic E-state index is 6.21. The van der Waals surface area contributed by atoms with Crippen LogP contribution in [0, 0.1) is 0 Å². The summed E-state index contributed by atoms with van der Waals surface area (Å²) < 4.78 is 0. The van der Waals surface area contributed by atoms with Crippen LogP contribution < -0.4 is 10.2 Å². The smallest absolute Gasteiger partial charge is 0.129 e. The van der Waals surface area contributed by atoms with Gasteiger partial charge in [0.05, 0.1) is 10.7 Å². The lowest BCUT2D eigenvalue weighted by Gasteiger charge is -2.37. The molecule has 5 heteroatoms. The SMILES string of the molecule is CCNCc1nc(N2CCN(C(C)C)CC2)ccc1Cl. The molecule has 1 aliphatic rings. The average Bonchev–Trinajstić information content (AvgIpc) is 2.46. The van der Waals surface area contributed by atoms with Gasteiger partial charge in [-0.1, -0.05) is 18.5 Å². The van der Waals surface area contributed by atoms with E-state index in [9.17, 15) is 0 Å². The fourth-order valence-electron chi connectivity index (χ4n) is 2.48. The Kier molecular flexibility index (Phi) is 5.64. The zero-order valence-corrected chi connectivity index (χ0v) is 13.5. The zero-order valence-electron chi connectivity index (χ0n) is 12.7. The lowest BCUT2D eigenvalue weighted by Crippen LogP contribution is -2.49. The van der Waals surface area contributed by atoms with Crippen LogP contribution in [0.2, 0.25) is 5.02 Å². The highest BCUT2D eigenvalue weighted by molar-refractivity contribution is 6.31. The van der Waals surface area contributed by atoms with E-state index >= 15 is 0 Å². The van der Waals surface area contributed by atoms with Crippen LogP contribution in [0.4, 0.5) is 5.82 Å². The van der Waals surface area contributed by atoms with Crippen molar-refractivity contribution >= 4 is 17.4 Å². The van der Waals surface area contributed by atoms with Crippen LogP contribution in [0.15, 0.2) is 12.1 Å². The molecule has 0 radical (unpaired) electrons. The number of pyridine rings is 1. The molecule has 1 aromatic rings. The molecule has 112 valence electrons. The van der Waals surface area contributed by atoms with Gasteiger partial charge in [0, 0.05) is 38.8 Å². The molecule has 0 amide bonds. The molecule has 2 heterocycles. The Morgan fingerprint density at radius 2 is 1.95 bits per heavy atom. The summed E-state index contributed by atoms with van der Waals surface area (Å²) in [4.78, 5) is 9.57. The molecule has 0 atom stereocenters. The highest BCUT2D eigenvalue weighted by atomic mass is 35.5. The predicted octanol–water partition coefficient (Wildman–Crippen LogP) is 2.37. The van der Waals surface area contributed by atoms with Crippen molar-refractivity contribution in [1.82, 2.24) is 15.2 Å². The number of rotatable bonds is 5. The number of piperazine rings is 1. The minimum Gasteiger partial charge on any atom is -0.354 e. The first-order valence-corrected chi connectivity index (χ1v) is 7.84. The summed E-state index contributed by atoms with van der Waals surface area (Å²) in [6, 6.07) is 4.62. The molecule has 20 heavy (non-hydrogen) atoms. The lowest BCUT2D eigenvalue weighted by molar-refractivity contribution is 0.209. The topological polar surface area (TPSA) is 31.4 Å². The minimum absolute atomic E-state index is 0.625. The van der Waals surface area contributed by atoms with E-state index in [0.717, 1.165) is 55.8 Å². The van der Waals surface area contributed by atoms with Crippen LogP contribution in [-0.4, -0.2) is 48.6 Å². The zero-order chi connectivity index (χ0) is 14.5. The Morgan fingerprint density at radius 3 is 2.55 bits per heavy atom. The molecule has 0 saturated carbocycles. The number of hydrogen-bond donors (Lipinski definition) is 1. The minimum atomic E-state index is 0.625. The monoisotopic (exact) mass is 296 g/mol. The van der Waals surface area contributed by atoms with Gasteiger partial charge in [-0.15, -0.1) is 0 Å². The molecule has 1 aromatic heterocycles. The predicted molar refractivity (Wildman–Crippen MR) is 85.5 cm³/mol. The van der Waals surface area contributed by atoms with Crippen molar-refractivity contribution in [3.05, 3.63) is 22.8 Å². The number of halogens is 1. The highest BCUT2D eigenvalue weighted by Crippen LogP contribution is 2.20. The normalized spacial score (nSPS) is 16.9. The fraction of sp³-hybridized carbons (Fsp3) is 0.667. The van der Waals surface area contributed by atoms with E-state index in [1.807, 2.05) is 12.1 Å². The van der Waals surface area contributed by atoms with Gasteiger partial charge in [0.2, 0.25) is 0 Å². The summed E-state index contributed by atoms with van der Waals surface area (Å²) in [7, 11) is 0. The fourth-order valence-corrected chi connectivity index (χ4v) is 2.66. The highest BCUT2D eigenvalue weighted by Gasteiger charge is 2.20. The molecule has 0 spiro atoms. The summed E-state index contributed by atoms with van der Waals surface area (Å²) in [5.74, 6) is 1.05.